The largest absolute Gasteiger partial charge is 0.591 e. The SMILES string of the molecule is CCS(=O)(=O)c1cc(C(F)(F)F)cnc1-c1ccc(OCC(F)(F)C(F)(F)F)[n+]([O-])n1. The van der Waals surface area contributed by atoms with Gasteiger partial charge in [-0.2, -0.15) is 35.1 Å². The van der Waals surface area contributed by atoms with Crippen LogP contribution in [0.4, 0.5) is 35.1 Å². The van der Waals surface area contributed by atoms with Crippen LogP contribution >= 0.6 is 0 Å². The van der Waals surface area contributed by atoms with Gasteiger partial charge in [0.15, 0.2) is 22.1 Å². The summed E-state index contributed by atoms with van der Waals surface area (Å²) in [5.74, 6) is -7.01. The Labute approximate surface area is 168 Å². The first-order valence-corrected chi connectivity index (χ1v) is 9.63. The van der Waals surface area contributed by atoms with Crippen molar-refractivity contribution >= 4 is 9.84 Å². The number of sulfone groups is 1. The second-order valence-corrected chi connectivity index (χ2v) is 8.14. The van der Waals surface area contributed by atoms with Gasteiger partial charge in [0.05, 0.1) is 22.3 Å². The Hall–Kier alpha value is -2.78. The molecule has 0 unspecified atom stereocenters. The molecule has 2 heterocycles. The molecule has 0 saturated heterocycles. The lowest BCUT2D eigenvalue weighted by Crippen LogP contribution is -2.44. The summed E-state index contributed by atoms with van der Waals surface area (Å²) in [7, 11) is -4.30. The molecule has 2 rings (SSSR count). The average Bonchev–Trinajstić information content (AvgIpc) is 2.65. The number of alkyl halides is 8. The van der Waals surface area contributed by atoms with Gasteiger partial charge in [-0.3, -0.25) is 4.98 Å². The Kier molecular flexibility index (Phi) is 6.36. The molecule has 0 aliphatic carbocycles. The Morgan fingerprint density at radius 1 is 1.10 bits per heavy atom. The van der Waals surface area contributed by atoms with Crippen molar-refractivity contribution in [3.05, 3.63) is 35.2 Å². The minimum Gasteiger partial charge on any atom is -0.591 e. The van der Waals surface area contributed by atoms with Crippen LogP contribution in [0.3, 0.4) is 0 Å². The molecule has 0 aromatic carbocycles. The molecule has 31 heavy (non-hydrogen) atoms. The molecule has 16 heteroatoms. The van der Waals surface area contributed by atoms with Gasteiger partial charge in [-0.05, 0) is 17.0 Å². The third-order valence-corrected chi connectivity index (χ3v) is 5.47. The molecule has 7 nitrogen and oxygen atoms in total. The van der Waals surface area contributed by atoms with Crippen LogP contribution < -0.4 is 9.58 Å². The Bertz CT molecular complexity index is 1070. The van der Waals surface area contributed by atoms with Gasteiger partial charge in [-0.1, -0.05) is 6.92 Å². The molecule has 2 aromatic heterocycles. The molecule has 0 atom stereocenters. The van der Waals surface area contributed by atoms with E-state index in [1.807, 2.05) is 0 Å². The molecule has 0 fully saturated rings. The van der Waals surface area contributed by atoms with Crippen LogP contribution in [-0.2, 0) is 16.0 Å². The van der Waals surface area contributed by atoms with Crippen LogP contribution in [0, 0.1) is 5.21 Å². The Morgan fingerprint density at radius 2 is 1.71 bits per heavy atom. The highest BCUT2D eigenvalue weighted by molar-refractivity contribution is 7.91. The fourth-order valence-electron chi connectivity index (χ4n) is 2.06. The molecule has 0 aliphatic heterocycles. The summed E-state index contributed by atoms with van der Waals surface area (Å²) in [6, 6.07) is 1.63. The normalized spacial score (nSPS) is 13.3. The highest BCUT2D eigenvalue weighted by atomic mass is 32.2. The van der Waals surface area contributed by atoms with E-state index in [2.05, 4.69) is 14.8 Å². The van der Waals surface area contributed by atoms with Crippen LogP contribution in [0.5, 0.6) is 5.88 Å². The van der Waals surface area contributed by atoms with Gasteiger partial charge in [0.25, 0.3) is 0 Å². The predicted molar refractivity (Wildman–Crippen MR) is 85.7 cm³/mol. The minimum atomic E-state index is -5.94. The topological polar surface area (TPSA) is 96.1 Å². The third-order valence-electron chi connectivity index (χ3n) is 3.72. The van der Waals surface area contributed by atoms with Crippen molar-refractivity contribution in [2.45, 2.75) is 30.1 Å². The molecule has 0 aliphatic rings. The number of hydrogen-bond acceptors (Lipinski definition) is 6. The monoisotopic (exact) mass is 481 g/mol. The third kappa shape index (κ3) is 5.29. The molecule has 0 N–H and O–H groups in total. The van der Waals surface area contributed by atoms with Gasteiger partial charge < -0.3 is 9.94 Å². The fourth-order valence-corrected chi connectivity index (χ4v) is 3.12. The van der Waals surface area contributed by atoms with Gasteiger partial charge in [0, 0.05) is 11.3 Å². The molecule has 2 aromatic rings. The van der Waals surface area contributed by atoms with E-state index in [1.165, 1.54) is 0 Å². The van der Waals surface area contributed by atoms with E-state index in [9.17, 15) is 48.7 Å². The van der Waals surface area contributed by atoms with E-state index < -0.39 is 73.0 Å². The van der Waals surface area contributed by atoms with Gasteiger partial charge in [-0.15, -0.1) is 0 Å². The molecular weight excluding hydrogens is 470 g/mol. The van der Waals surface area contributed by atoms with Crippen molar-refractivity contribution in [2.75, 3.05) is 12.4 Å². The minimum absolute atomic E-state index is 0.284. The molecule has 0 radical (unpaired) electrons. The molecule has 0 amide bonds. The number of hydrogen-bond donors (Lipinski definition) is 0. The van der Waals surface area contributed by atoms with Crippen molar-refractivity contribution in [1.82, 2.24) is 10.1 Å². The quantitative estimate of drug-likeness (QED) is 0.357. The summed E-state index contributed by atoms with van der Waals surface area (Å²) >= 11 is 0. The lowest BCUT2D eigenvalue weighted by atomic mass is 10.2. The van der Waals surface area contributed by atoms with Crippen molar-refractivity contribution in [2.24, 2.45) is 0 Å². The molecule has 0 saturated carbocycles. The molecule has 0 bridgehead atoms. The highest BCUT2D eigenvalue weighted by Gasteiger charge is 2.58. The smallest absolute Gasteiger partial charge is 0.456 e. The van der Waals surface area contributed by atoms with Gasteiger partial charge >= 0.3 is 24.2 Å². The van der Waals surface area contributed by atoms with Crippen molar-refractivity contribution in [3.8, 4) is 17.3 Å². The maximum atomic E-state index is 12.9. The summed E-state index contributed by atoms with van der Waals surface area (Å²) in [5, 5.41) is 15.0. The summed E-state index contributed by atoms with van der Waals surface area (Å²) < 4.78 is 130. The van der Waals surface area contributed by atoms with Crippen LogP contribution in [0.15, 0.2) is 29.3 Å². The van der Waals surface area contributed by atoms with Gasteiger partial charge in [0.2, 0.25) is 0 Å². The van der Waals surface area contributed by atoms with Crippen molar-refractivity contribution in [1.29, 1.82) is 0 Å². The molecular formula is C15H11F8N3O4S. The lowest BCUT2D eigenvalue weighted by molar-refractivity contribution is -0.674. The van der Waals surface area contributed by atoms with E-state index in [0.29, 0.717) is 6.07 Å². The number of rotatable bonds is 6. The lowest BCUT2D eigenvalue weighted by Gasteiger charge is -2.18. The Morgan fingerprint density at radius 3 is 2.19 bits per heavy atom. The number of aromatic nitrogens is 3. The van der Waals surface area contributed by atoms with E-state index in [-0.39, 0.29) is 12.3 Å². The van der Waals surface area contributed by atoms with Crippen LogP contribution in [0.25, 0.3) is 11.4 Å². The standard InChI is InChI=1S/C15H11F8N3O4S/c1-2-31(28,29)10-5-8(14(18,19)20)6-24-12(10)9-3-4-11(26(27)25-9)30-7-13(16,17)15(21,22)23/h3-6H,2,7H2,1H3. The molecule has 172 valence electrons. The first-order valence-electron chi connectivity index (χ1n) is 7.98. The van der Waals surface area contributed by atoms with Gasteiger partial charge in [0.1, 0.15) is 5.69 Å². The van der Waals surface area contributed by atoms with E-state index in [0.717, 1.165) is 13.0 Å². The predicted octanol–water partition coefficient (Wildman–Crippen LogP) is 3.17. The van der Waals surface area contributed by atoms with E-state index in [4.69, 9.17) is 0 Å². The first-order chi connectivity index (χ1) is 14.0. The van der Waals surface area contributed by atoms with Crippen molar-refractivity contribution in [3.63, 3.8) is 0 Å². The zero-order valence-corrected chi connectivity index (χ0v) is 15.9. The zero-order chi connectivity index (χ0) is 23.8. The van der Waals surface area contributed by atoms with Crippen LogP contribution in [0.1, 0.15) is 12.5 Å². The summed E-state index contributed by atoms with van der Waals surface area (Å²) in [4.78, 5) is 1.95. The first kappa shape index (κ1) is 24.5. The second-order valence-electron chi connectivity index (χ2n) is 5.89. The van der Waals surface area contributed by atoms with E-state index >= 15 is 0 Å². The number of ether oxygens (including phenoxy) is 1. The summed E-state index contributed by atoms with van der Waals surface area (Å²) in [6.07, 6.45) is -10.6. The van der Waals surface area contributed by atoms with Crippen LogP contribution in [0.2, 0.25) is 0 Å². The summed E-state index contributed by atoms with van der Waals surface area (Å²) in [5.41, 5.74) is -2.65. The number of halogens is 8. The maximum Gasteiger partial charge on any atom is 0.456 e. The Balaban J connectivity index is 2.47. The highest BCUT2D eigenvalue weighted by Crippen LogP contribution is 2.36. The second kappa shape index (κ2) is 8.05. The zero-order valence-electron chi connectivity index (χ0n) is 15.1. The van der Waals surface area contributed by atoms with E-state index in [1.54, 1.807) is 0 Å². The van der Waals surface area contributed by atoms with Crippen molar-refractivity contribution < 1.29 is 53.1 Å². The fraction of sp³-hybridized carbons (Fsp3) is 0.400. The number of pyridine rings is 1. The number of nitrogens with zero attached hydrogens (tertiary/aromatic N) is 3. The molecule has 0 spiro atoms. The summed E-state index contributed by atoms with van der Waals surface area (Å²) in [6.45, 7) is -1.11. The average molecular weight is 481 g/mol. The maximum absolute atomic E-state index is 12.9. The van der Waals surface area contributed by atoms with Crippen LogP contribution in [-0.4, -0.2) is 43.0 Å². The van der Waals surface area contributed by atoms with Gasteiger partial charge in [-0.25, -0.2) is 8.42 Å².